The molecule has 0 radical (unpaired) electrons. The van der Waals surface area contributed by atoms with Crippen LogP contribution in [0.2, 0.25) is 5.02 Å². The Hall–Kier alpha value is -2.38. The van der Waals surface area contributed by atoms with Gasteiger partial charge in [-0.15, -0.1) is 0 Å². The van der Waals surface area contributed by atoms with Gasteiger partial charge in [-0.1, -0.05) is 23.7 Å². The van der Waals surface area contributed by atoms with Gasteiger partial charge in [0.1, 0.15) is 5.82 Å². The molecule has 0 fully saturated rings. The van der Waals surface area contributed by atoms with Crippen molar-refractivity contribution >= 4 is 34.4 Å². The van der Waals surface area contributed by atoms with Gasteiger partial charge in [-0.05, 0) is 17.7 Å². The van der Waals surface area contributed by atoms with Crippen LogP contribution < -0.4 is 10.6 Å². The lowest BCUT2D eigenvalue weighted by molar-refractivity contribution is 0.311. The Labute approximate surface area is 138 Å². The van der Waals surface area contributed by atoms with Crippen molar-refractivity contribution in [3.05, 3.63) is 41.0 Å². The van der Waals surface area contributed by atoms with Crippen LogP contribution in [0, 0.1) is 0 Å². The van der Waals surface area contributed by atoms with Crippen molar-refractivity contribution < 1.29 is 5.11 Å². The normalized spacial score (nSPS) is 10.9. The van der Waals surface area contributed by atoms with Gasteiger partial charge in [0.25, 0.3) is 0 Å². The van der Waals surface area contributed by atoms with E-state index in [0.717, 1.165) is 10.9 Å². The summed E-state index contributed by atoms with van der Waals surface area (Å²) in [6.07, 6.45) is 1.73. The molecule has 0 bridgehead atoms. The van der Waals surface area contributed by atoms with Crippen molar-refractivity contribution in [1.82, 2.24) is 19.7 Å². The number of rotatable bonds is 6. The fraction of sp³-hybridized carbons (Fsp3) is 0.267. The number of nitrogens with one attached hydrogen (secondary N) is 2. The molecule has 3 aromatic rings. The SMILES string of the molecule is Cn1ncc2c(NCc3cccc(Cl)c3)nc(NCCO)nc21. The van der Waals surface area contributed by atoms with Gasteiger partial charge in [-0.25, -0.2) is 0 Å². The molecule has 2 aromatic heterocycles. The highest BCUT2D eigenvalue weighted by Crippen LogP contribution is 2.22. The molecule has 0 spiro atoms. The minimum absolute atomic E-state index is 0.0120. The first-order valence-corrected chi connectivity index (χ1v) is 7.58. The number of hydrogen-bond donors (Lipinski definition) is 3. The summed E-state index contributed by atoms with van der Waals surface area (Å²) >= 11 is 6.01. The second-order valence-electron chi connectivity index (χ2n) is 5.04. The van der Waals surface area contributed by atoms with Gasteiger partial charge in [0.2, 0.25) is 5.95 Å². The molecule has 1 aromatic carbocycles. The number of halogens is 1. The number of hydrogen-bond acceptors (Lipinski definition) is 6. The summed E-state index contributed by atoms with van der Waals surface area (Å²) in [5.74, 6) is 1.13. The largest absolute Gasteiger partial charge is 0.395 e. The highest BCUT2D eigenvalue weighted by molar-refractivity contribution is 6.30. The standard InChI is InChI=1S/C15H17ClN6O/c1-22-14-12(9-19-22)13(20-15(21-14)17-5-6-23)18-8-10-3-2-4-11(16)7-10/h2-4,7,9,23H,5-6,8H2,1H3,(H2,17,18,20,21). The lowest BCUT2D eigenvalue weighted by Crippen LogP contribution is -2.11. The highest BCUT2D eigenvalue weighted by atomic mass is 35.5. The van der Waals surface area contributed by atoms with Gasteiger partial charge in [-0.2, -0.15) is 15.1 Å². The predicted octanol–water partition coefficient (Wildman–Crippen LogP) is 2.03. The molecular weight excluding hydrogens is 316 g/mol. The van der Waals surface area contributed by atoms with E-state index in [2.05, 4.69) is 25.7 Å². The number of anilines is 2. The average Bonchev–Trinajstić information content (AvgIpc) is 2.92. The molecule has 3 rings (SSSR count). The van der Waals surface area contributed by atoms with Crippen LogP contribution in [-0.4, -0.2) is 38.0 Å². The Morgan fingerprint density at radius 3 is 2.91 bits per heavy atom. The van der Waals surface area contributed by atoms with Crippen LogP contribution >= 0.6 is 11.6 Å². The van der Waals surface area contributed by atoms with Crippen LogP contribution in [0.1, 0.15) is 5.56 Å². The quantitative estimate of drug-likeness (QED) is 0.640. The highest BCUT2D eigenvalue weighted by Gasteiger charge is 2.11. The fourth-order valence-corrected chi connectivity index (χ4v) is 2.45. The number of aromatic nitrogens is 4. The van der Waals surface area contributed by atoms with Gasteiger partial charge in [0.15, 0.2) is 5.65 Å². The number of fused-ring (bicyclic) bond motifs is 1. The maximum absolute atomic E-state index is 8.94. The molecule has 7 nitrogen and oxygen atoms in total. The van der Waals surface area contributed by atoms with Crippen LogP contribution in [0.4, 0.5) is 11.8 Å². The lowest BCUT2D eigenvalue weighted by atomic mass is 10.2. The molecular formula is C15H17ClN6O. The molecule has 23 heavy (non-hydrogen) atoms. The zero-order chi connectivity index (χ0) is 16.2. The number of nitrogens with zero attached hydrogens (tertiary/aromatic N) is 4. The van der Waals surface area contributed by atoms with Crippen molar-refractivity contribution in [3.8, 4) is 0 Å². The molecule has 0 saturated heterocycles. The molecule has 0 saturated carbocycles. The molecule has 2 heterocycles. The van der Waals surface area contributed by atoms with Crippen molar-refractivity contribution in [2.75, 3.05) is 23.8 Å². The summed E-state index contributed by atoms with van der Waals surface area (Å²) < 4.78 is 1.69. The van der Waals surface area contributed by atoms with Crippen molar-refractivity contribution in [2.45, 2.75) is 6.54 Å². The Morgan fingerprint density at radius 1 is 1.26 bits per heavy atom. The van der Waals surface area contributed by atoms with Crippen LogP contribution in [0.25, 0.3) is 11.0 Å². The molecule has 0 aliphatic carbocycles. The van der Waals surface area contributed by atoms with Crippen molar-refractivity contribution in [2.24, 2.45) is 7.05 Å². The monoisotopic (exact) mass is 332 g/mol. The third-order valence-corrected chi connectivity index (χ3v) is 3.57. The zero-order valence-corrected chi connectivity index (χ0v) is 13.4. The van der Waals surface area contributed by atoms with Gasteiger partial charge >= 0.3 is 0 Å². The maximum Gasteiger partial charge on any atom is 0.226 e. The summed E-state index contributed by atoms with van der Waals surface area (Å²) in [4.78, 5) is 8.87. The predicted molar refractivity (Wildman–Crippen MR) is 90.7 cm³/mol. The van der Waals surface area contributed by atoms with E-state index >= 15 is 0 Å². The Kier molecular flexibility index (Phi) is 4.59. The van der Waals surface area contributed by atoms with Crippen LogP contribution in [-0.2, 0) is 13.6 Å². The van der Waals surface area contributed by atoms with E-state index in [-0.39, 0.29) is 6.61 Å². The number of benzene rings is 1. The summed E-state index contributed by atoms with van der Waals surface area (Å²) in [5, 5.41) is 21.0. The topological polar surface area (TPSA) is 87.9 Å². The minimum Gasteiger partial charge on any atom is -0.395 e. The van der Waals surface area contributed by atoms with E-state index in [9.17, 15) is 0 Å². The maximum atomic E-state index is 8.94. The number of aliphatic hydroxyl groups excluding tert-OH is 1. The van der Waals surface area contributed by atoms with Crippen molar-refractivity contribution in [3.63, 3.8) is 0 Å². The summed E-state index contributed by atoms with van der Waals surface area (Å²) in [5.41, 5.74) is 1.77. The second kappa shape index (κ2) is 6.80. The first-order chi connectivity index (χ1) is 11.2. The molecule has 8 heteroatoms. The first kappa shape index (κ1) is 15.5. The van der Waals surface area contributed by atoms with Gasteiger partial charge in [0.05, 0.1) is 18.2 Å². The number of aliphatic hydroxyl groups is 1. The Balaban J connectivity index is 1.88. The summed E-state index contributed by atoms with van der Waals surface area (Å²) in [7, 11) is 1.83. The van der Waals surface area contributed by atoms with E-state index in [0.29, 0.717) is 35.5 Å². The third kappa shape index (κ3) is 3.52. The fourth-order valence-electron chi connectivity index (χ4n) is 2.24. The van der Waals surface area contributed by atoms with E-state index in [1.165, 1.54) is 0 Å². The van der Waals surface area contributed by atoms with Gasteiger partial charge in [0, 0.05) is 25.2 Å². The molecule has 0 atom stereocenters. The van der Waals surface area contributed by atoms with Crippen molar-refractivity contribution in [1.29, 1.82) is 0 Å². The average molecular weight is 333 g/mol. The third-order valence-electron chi connectivity index (χ3n) is 3.34. The molecule has 120 valence electrons. The zero-order valence-electron chi connectivity index (χ0n) is 12.6. The first-order valence-electron chi connectivity index (χ1n) is 7.20. The van der Waals surface area contributed by atoms with E-state index in [1.54, 1.807) is 10.9 Å². The lowest BCUT2D eigenvalue weighted by Gasteiger charge is -2.10. The van der Waals surface area contributed by atoms with Gasteiger partial charge in [-0.3, -0.25) is 4.68 Å². The van der Waals surface area contributed by atoms with E-state index in [1.807, 2.05) is 31.3 Å². The Bertz CT molecular complexity index is 819. The van der Waals surface area contributed by atoms with Crippen LogP contribution in [0.3, 0.4) is 0 Å². The molecule has 3 N–H and O–H groups in total. The second-order valence-corrected chi connectivity index (χ2v) is 5.47. The van der Waals surface area contributed by atoms with Crippen LogP contribution in [0.5, 0.6) is 0 Å². The van der Waals surface area contributed by atoms with Gasteiger partial charge < -0.3 is 15.7 Å². The Morgan fingerprint density at radius 2 is 2.13 bits per heavy atom. The molecule has 0 amide bonds. The van der Waals surface area contributed by atoms with E-state index < -0.39 is 0 Å². The van der Waals surface area contributed by atoms with Crippen LogP contribution in [0.15, 0.2) is 30.5 Å². The number of aryl methyl sites for hydroxylation is 1. The molecule has 0 unspecified atom stereocenters. The summed E-state index contributed by atoms with van der Waals surface area (Å²) in [6.45, 7) is 0.982. The smallest absolute Gasteiger partial charge is 0.226 e. The molecule has 0 aliphatic heterocycles. The molecule has 0 aliphatic rings. The minimum atomic E-state index is 0.0120. The summed E-state index contributed by atoms with van der Waals surface area (Å²) in [6, 6.07) is 7.64. The van der Waals surface area contributed by atoms with E-state index in [4.69, 9.17) is 16.7 Å².